The molecule has 2 N–H and O–H groups in total. The minimum atomic E-state index is -0.479. The first-order valence-electron chi connectivity index (χ1n) is 9.09. The van der Waals surface area contributed by atoms with Crippen molar-refractivity contribution in [2.45, 2.75) is 31.8 Å². The van der Waals surface area contributed by atoms with E-state index >= 15 is 0 Å². The van der Waals surface area contributed by atoms with E-state index in [0.29, 0.717) is 42.5 Å². The van der Waals surface area contributed by atoms with Gasteiger partial charge in [-0.25, -0.2) is 0 Å². The highest BCUT2D eigenvalue weighted by molar-refractivity contribution is 6.31. The minimum absolute atomic E-state index is 0.0271. The lowest BCUT2D eigenvalue weighted by Gasteiger charge is -2.35. The Morgan fingerprint density at radius 2 is 2.35 bits per heavy atom. The lowest BCUT2D eigenvalue weighted by molar-refractivity contribution is 0.0219. The first kappa shape index (κ1) is 19.0. The Morgan fingerprint density at radius 3 is 3.12 bits per heavy atom. The van der Waals surface area contributed by atoms with Crippen molar-refractivity contribution in [1.82, 2.24) is 10.2 Å². The number of nitrogens with one attached hydrogen (secondary N) is 1. The third-order valence-electron chi connectivity index (χ3n) is 5.09. The maximum Gasteiger partial charge on any atom is 0.255 e. The lowest BCUT2D eigenvalue weighted by Crippen LogP contribution is -2.47. The Morgan fingerprint density at radius 1 is 1.50 bits per heavy atom. The number of benzene rings is 1. The first-order chi connectivity index (χ1) is 12.6. The molecule has 1 saturated heterocycles. The number of likely N-dealkylation sites (tertiary alicyclic amines) is 1. The summed E-state index contributed by atoms with van der Waals surface area (Å²) in [7, 11) is 0. The summed E-state index contributed by atoms with van der Waals surface area (Å²) in [5.41, 5.74) is 1.43. The van der Waals surface area contributed by atoms with Crippen LogP contribution in [-0.4, -0.2) is 54.8 Å². The number of unbranched alkanes of at least 4 members (excludes halogenated alkanes) is 1. The predicted octanol–water partition coefficient (Wildman–Crippen LogP) is 1.99. The van der Waals surface area contributed by atoms with E-state index in [0.717, 1.165) is 37.9 Å². The fourth-order valence-electron chi connectivity index (χ4n) is 3.63. The van der Waals surface area contributed by atoms with Crippen LogP contribution in [0.25, 0.3) is 0 Å². The van der Waals surface area contributed by atoms with E-state index in [1.165, 1.54) is 0 Å². The summed E-state index contributed by atoms with van der Waals surface area (Å²) in [5.74, 6) is 0.438. The molecule has 0 saturated carbocycles. The third kappa shape index (κ3) is 4.47. The molecule has 7 heteroatoms. The van der Waals surface area contributed by atoms with E-state index in [-0.39, 0.29) is 11.8 Å². The van der Waals surface area contributed by atoms with Gasteiger partial charge in [-0.05, 0) is 43.6 Å². The minimum Gasteiger partial charge on any atom is -0.492 e. The molecule has 0 spiro atoms. The second-order valence-corrected chi connectivity index (χ2v) is 7.36. The number of β-amino-alcohol motifs (C(OH)–C–C–N with tert-alkyl or cyclic N) is 1. The van der Waals surface area contributed by atoms with Gasteiger partial charge in [0, 0.05) is 36.9 Å². The van der Waals surface area contributed by atoms with E-state index < -0.39 is 6.10 Å². The molecule has 1 amide bonds. The summed E-state index contributed by atoms with van der Waals surface area (Å²) in [5, 5.41) is 22.4. The maximum atomic E-state index is 12.6. The molecule has 140 valence electrons. The number of hydrogen-bond donors (Lipinski definition) is 2. The second-order valence-electron chi connectivity index (χ2n) is 6.93. The highest BCUT2D eigenvalue weighted by atomic mass is 35.5. The summed E-state index contributed by atoms with van der Waals surface area (Å²) < 4.78 is 5.58. The molecular weight excluding hydrogens is 354 g/mol. The monoisotopic (exact) mass is 377 g/mol. The normalized spacial score (nSPS) is 22.3. The number of rotatable bonds is 6. The van der Waals surface area contributed by atoms with Gasteiger partial charge >= 0.3 is 0 Å². The molecule has 2 heterocycles. The van der Waals surface area contributed by atoms with Gasteiger partial charge in [0.15, 0.2) is 0 Å². The topological polar surface area (TPSA) is 85.6 Å². The lowest BCUT2D eigenvalue weighted by atomic mass is 9.93. The van der Waals surface area contributed by atoms with Gasteiger partial charge in [0.2, 0.25) is 0 Å². The second kappa shape index (κ2) is 8.72. The Bertz CT molecular complexity index is 704. The third-order valence-corrected chi connectivity index (χ3v) is 5.30. The molecule has 1 aromatic carbocycles. The van der Waals surface area contributed by atoms with Crippen molar-refractivity contribution in [2.24, 2.45) is 5.92 Å². The number of fused-ring (bicyclic) bond motifs is 1. The van der Waals surface area contributed by atoms with E-state index in [2.05, 4.69) is 16.3 Å². The van der Waals surface area contributed by atoms with Crippen LogP contribution in [0.3, 0.4) is 0 Å². The first-order valence-corrected chi connectivity index (χ1v) is 9.47. The summed E-state index contributed by atoms with van der Waals surface area (Å²) in [6, 6.07) is 5.61. The molecule has 2 aliphatic rings. The van der Waals surface area contributed by atoms with Crippen LogP contribution in [0.4, 0.5) is 0 Å². The standard InChI is InChI=1S/C19H24ClN3O3/c20-15-9-13-4-8-26-18(13)16(10-15)19(25)22-11-14-3-7-23(12-17(14)24)6-2-1-5-21/h9-10,14,17,24H,1-4,6-8,11-12H2,(H,22,25). The molecule has 6 nitrogen and oxygen atoms in total. The van der Waals surface area contributed by atoms with Crippen LogP contribution in [-0.2, 0) is 6.42 Å². The fraction of sp³-hybridized carbons (Fsp3) is 0.579. The number of amides is 1. The smallest absolute Gasteiger partial charge is 0.255 e. The van der Waals surface area contributed by atoms with Crippen molar-refractivity contribution in [3.8, 4) is 11.8 Å². The summed E-state index contributed by atoms with van der Waals surface area (Å²) in [4.78, 5) is 14.8. The fourth-order valence-corrected chi connectivity index (χ4v) is 3.87. The summed E-state index contributed by atoms with van der Waals surface area (Å²) in [6.45, 7) is 3.28. The van der Waals surface area contributed by atoms with Crippen molar-refractivity contribution >= 4 is 17.5 Å². The molecule has 1 aromatic rings. The maximum absolute atomic E-state index is 12.6. The zero-order valence-electron chi connectivity index (χ0n) is 14.7. The molecule has 1 fully saturated rings. The number of ether oxygens (including phenoxy) is 1. The number of nitriles is 1. The number of nitrogens with zero attached hydrogens (tertiary/aromatic N) is 2. The molecule has 2 atom stereocenters. The number of hydrogen-bond acceptors (Lipinski definition) is 5. The van der Waals surface area contributed by atoms with Crippen molar-refractivity contribution in [3.63, 3.8) is 0 Å². The molecule has 0 aromatic heterocycles. The van der Waals surface area contributed by atoms with Gasteiger partial charge in [-0.15, -0.1) is 0 Å². The molecule has 2 aliphatic heterocycles. The van der Waals surface area contributed by atoms with Crippen molar-refractivity contribution in [3.05, 3.63) is 28.3 Å². The number of aliphatic hydroxyl groups is 1. The molecule has 0 aliphatic carbocycles. The Hall–Kier alpha value is -1.81. The zero-order valence-corrected chi connectivity index (χ0v) is 15.5. The van der Waals surface area contributed by atoms with Crippen LogP contribution in [0, 0.1) is 17.2 Å². The number of carbonyl (C=O) groups excluding carboxylic acids is 1. The van der Waals surface area contributed by atoms with Crippen molar-refractivity contribution in [2.75, 3.05) is 32.8 Å². The van der Waals surface area contributed by atoms with Crippen molar-refractivity contribution < 1.29 is 14.6 Å². The van der Waals surface area contributed by atoms with E-state index in [1.807, 2.05) is 6.07 Å². The summed E-state index contributed by atoms with van der Waals surface area (Å²) >= 11 is 6.11. The summed E-state index contributed by atoms with van der Waals surface area (Å²) in [6.07, 6.45) is 2.47. The van der Waals surface area contributed by atoms with Crippen LogP contribution in [0.2, 0.25) is 5.02 Å². The van der Waals surface area contributed by atoms with Gasteiger partial charge in [0.05, 0.1) is 24.3 Å². The quantitative estimate of drug-likeness (QED) is 0.740. The predicted molar refractivity (Wildman–Crippen MR) is 98.4 cm³/mol. The molecule has 3 rings (SSSR count). The van der Waals surface area contributed by atoms with Gasteiger partial charge in [-0.2, -0.15) is 5.26 Å². The van der Waals surface area contributed by atoms with Crippen LogP contribution in [0.15, 0.2) is 12.1 Å². The molecule has 26 heavy (non-hydrogen) atoms. The highest BCUT2D eigenvalue weighted by Gasteiger charge is 2.28. The van der Waals surface area contributed by atoms with E-state index in [1.54, 1.807) is 6.07 Å². The van der Waals surface area contributed by atoms with Crippen molar-refractivity contribution in [1.29, 1.82) is 5.26 Å². The highest BCUT2D eigenvalue weighted by Crippen LogP contribution is 2.32. The van der Waals surface area contributed by atoms with Gasteiger partial charge in [-0.3, -0.25) is 4.79 Å². The molecule has 0 bridgehead atoms. The zero-order chi connectivity index (χ0) is 18.5. The van der Waals surface area contributed by atoms with Crippen LogP contribution >= 0.6 is 11.6 Å². The van der Waals surface area contributed by atoms with E-state index in [4.69, 9.17) is 21.6 Å². The van der Waals surface area contributed by atoms with Gasteiger partial charge in [0.1, 0.15) is 5.75 Å². The number of carbonyl (C=O) groups is 1. The number of aliphatic hydroxyl groups excluding tert-OH is 1. The number of halogens is 1. The van der Waals surface area contributed by atoms with Crippen LogP contribution in [0.5, 0.6) is 5.75 Å². The molecular formula is C19H24ClN3O3. The Kier molecular flexibility index (Phi) is 6.36. The van der Waals surface area contributed by atoms with Crippen LogP contribution < -0.4 is 10.1 Å². The molecule has 2 unspecified atom stereocenters. The largest absolute Gasteiger partial charge is 0.492 e. The van der Waals surface area contributed by atoms with E-state index in [9.17, 15) is 9.90 Å². The Labute approximate surface area is 158 Å². The average Bonchev–Trinajstić information content (AvgIpc) is 3.08. The number of piperidine rings is 1. The van der Waals surface area contributed by atoms with Gasteiger partial charge < -0.3 is 20.1 Å². The van der Waals surface area contributed by atoms with Crippen LogP contribution in [0.1, 0.15) is 35.2 Å². The molecule has 0 radical (unpaired) electrons. The SMILES string of the molecule is N#CCCCN1CCC(CNC(=O)c2cc(Cl)cc3c2OCC3)C(O)C1. The van der Waals surface area contributed by atoms with Gasteiger partial charge in [0.25, 0.3) is 5.91 Å². The average molecular weight is 378 g/mol. The Balaban J connectivity index is 1.52. The van der Waals surface area contributed by atoms with Gasteiger partial charge in [-0.1, -0.05) is 11.6 Å².